The van der Waals surface area contributed by atoms with Gasteiger partial charge in [-0.1, -0.05) is 35.5 Å². The number of amides is 1. The van der Waals surface area contributed by atoms with Gasteiger partial charge in [-0.25, -0.2) is 14.3 Å². The average Bonchev–Trinajstić information content (AvgIpc) is 3.50. The Labute approximate surface area is 193 Å². The van der Waals surface area contributed by atoms with Crippen molar-refractivity contribution < 1.29 is 24.2 Å². The molecule has 1 amide bonds. The number of hydrogen-bond acceptors (Lipinski definition) is 9. The van der Waals surface area contributed by atoms with Crippen molar-refractivity contribution in [1.82, 2.24) is 29.6 Å². The topological polar surface area (TPSA) is 154 Å². The van der Waals surface area contributed by atoms with Gasteiger partial charge in [-0.2, -0.15) is 5.06 Å². The highest BCUT2D eigenvalue weighted by Gasteiger charge is 2.34. The number of aliphatic hydroxyl groups excluding tert-OH is 1. The largest absolute Gasteiger partial charge is 0.443 e. The molecule has 1 aromatic carbocycles. The standard InChI is InChI=1S/C21H24N6O7/c28-8-7-25-11-17(23-24-25)14-32-13-16-10-26(20(30)22-19(16)29)18-6-9-34-27(18)21(31)33-12-15-4-2-1-3-5-15/h1-5,10-11,18,28H,6-9,12-14H2,(H,22,29,30). The average molecular weight is 472 g/mol. The monoisotopic (exact) mass is 472 g/mol. The van der Waals surface area contributed by atoms with E-state index < -0.39 is 23.5 Å². The Kier molecular flexibility index (Phi) is 7.47. The summed E-state index contributed by atoms with van der Waals surface area (Å²) in [6.45, 7) is 0.470. The van der Waals surface area contributed by atoms with E-state index in [1.54, 1.807) is 6.20 Å². The lowest BCUT2D eigenvalue weighted by molar-refractivity contribution is -0.126. The van der Waals surface area contributed by atoms with Crippen LogP contribution in [0.3, 0.4) is 0 Å². The van der Waals surface area contributed by atoms with Crippen LogP contribution >= 0.6 is 0 Å². The summed E-state index contributed by atoms with van der Waals surface area (Å²) < 4.78 is 13.5. The number of nitrogens with one attached hydrogen (secondary N) is 1. The summed E-state index contributed by atoms with van der Waals surface area (Å²) in [4.78, 5) is 45.0. The van der Waals surface area contributed by atoms with Crippen LogP contribution < -0.4 is 11.2 Å². The van der Waals surface area contributed by atoms with Crippen molar-refractivity contribution in [3.8, 4) is 0 Å². The number of H-pyrrole nitrogens is 1. The number of carbonyl (C=O) groups excluding carboxylic acids is 1. The van der Waals surface area contributed by atoms with Crippen LogP contribution in [0.25, 0.3) is 0 Å². The van der Waals surface area contributed by atoms with Crippen molar-refractivity contribution in [1.29, 1.82) is 0 Å². The van der Waals surface area contributed by atoms with Gasteiger partial charge in [0.1, 0.15) is 18.5 Å². The number of benzene rings is 1. The van der Waals surface area contributed by atoms with Crippen molar-refractivity contribution in [2.24, 2.45) is 0 Å². The number of aliphatic hydroxyl groups is 1. The Balaban J connectivity index is 1.42. The number of hydroxylamine groups is 2. The third-order valence-electron chi connectivity index (χ3n) is 5.05. The maximum atomic E-state index is 12.6. The molecule has 4 rings (SSSR count). The third-order valence-corrected chi connectivity index (χ3v) is 5.05. The summed E-state index contributed by atoms with van der Waals surface area (Å²) in [5, 5.41) is 17.7. The number of nitrogens with zero attached hydrogens (tertiary/aromatic N) is 5. The van der Waals surface area contributed by atoms with Crippen LogP contribution in [0.5, 0.6) is 0 Å². The SMILES string of the molecule is O=C(OCc1ccccc1)N1OCCC1n1cc(COCc2cn(CCO)nn2)c(=O)[nH]c1=O. The molecule has 3 aromatic rings. The van der Waals surface area contributed by atoms with Gasteiger partial charge in [0.05, 0.1) is 44.7 Å². The van der Waals surface area contributed by atoms with Gasteiger partial charge < -0.3 is 14.6 Å². The smallest absolute Gasteiger partial charge is 0.436 e. The summed E-state index contributed by atoms with van der Waals surface area (Å²) >= 11 is 0. The lowest BCUT2D eigenvalue weighted by Crippen LogP contribution is -2.40. The van der Waals surface area contributed by atoms with Crippen LogP contribution in [0.1, 0.15) is 29.4 Å². The Bertz CT molecular complexity index is 1220. The van der Waals surface area contributed by atoms with E-state index in [2.05, 4.69) is 15.3 Å². The van der Waals surface area contributed by atoms with Gasteiger partial charge in [-0.3, -0.25) is 19.2 Å². The van der Waals surface area contributed by atoms with E-state index in [0.29, 0.717) is 18.7 Å². The maximum Gasteiger partial charge on any atom is 0.436 e. The summed E-state index contributed by atoms with van der Waals surface area (Å²) in [7, 11) is 0. The van der Waals surface area contributed by atoms with E-state index in [1.807, 2.05) is 30.3 Å². The van der Waals surface area contributed by atoms with Crippen LogP contribution in [0.2, 0.25) is 0 Å². The Hall–Kier alpha value is -3.81. The number of carbonyl (C=O) groups is 1. The molecule has 2 N–H and O–H groups in total. The highest BCUT2D eigenvalue weighted by Crippen LogP contribution is 2.24. The van der Waals surface area contributed by atoms with Gasteiger partial charge in [-0.05, 0) is 5.56 Å². The van der Waals surface area contributed by atoms with E-state index in [9.17, 15) is 14.4 Å². The Morgan fingerprint density at radius 2 is 2.00 bits per heavy atom. The normalized spacial score (nSPS) is 15.6. The molecule has 0 bridgehead atoms. The predicted molar refractivity (Wildman–Crippen MR) is 115 cm³/mol. The van der Waals surface area contributed by atoms with E-state index in [4.69, 9.17) is 19.4 Å². The minimum absolute atomic E-state index is 0.0504. The van der Waals surface area contributed by atoms with Gasteiger partial charge in [0.2, 0.25) is 0 Å². The predicted octanol–water partition coefficient (Wildman–Crippen LogP) is 0.310. The van der Waals surface area contributed by atoms with Crippen molar-refractivity contribution in [3.05, 3.63) is 80.4 Å². The molecule has 1 fully saturated rings. The molecular weight excluding hydrogens is 448 g/mol. The molecule has 0 saturated carbocycles. The van der Waals surface area contributed by atoms with Crippen LogP contribution in [0.15, 0.2) is 52.3 Å². The minimum Gasteiger partial charge on any atom is -0.443 e. The third kappa shape index (κ3) is 5.57. The Morgan fingerprint density at radius 1 is 1.18 bits per heavy atom. The zero-order valence-corrected chi connectivity index (χ0v) is 18.2. The second-order valence-corrected chi connectivity index (χ2v) is 7.48. The van der Waals surface area contributed by atoms with E-state index in [1.165, 1.54) is 15.4 Å². The minimum atomic E-state index is -0.787. The Morgan fingerprint density at radius 3 is 2.79 bits per heavy atom. The van der Waals surface area contributed by atoms with Crippen LogP contribution in [0.4, 0.5) is 4.79 Å². The number of rotatable bonds is 9. The molecule has 1 unspecified atom stereocenters. The van der Waals surface area contributed by atoms with Crippen molar-refractivity contribution in [3.63, 3.8) is 0 Å². The van der Waals surface area contributed by atoms with Gasteiger partial charge >= 0.3 is 11.8 Å². The first kappa shape index (κ1) is 23.4. The molecule has 34 heavy (non-hydrogen) atoms. The summed E-state index contributed by atoms with van der Waals surface area (Å²) in [6, 6.07) is 9.16. The molecule has 1 aliphatic rings. The summed E-state index contributed by atoms with van der Waals surface area (Å²) in [5.74, 6) is 0. The highest BCUT2D eigenvalue weighted by atomic mass is 16.7. The molecule has 0 spiro atoms. The van der Waals surface area contributed by atoms with Gasteiger partial charge in [0.25, 0.3) is 5.56 Å². The quantitative estimate of drug-likeness (QED) is 0.448. The molecule has 2 aromatic heterocycles. The first-order valence-electron chi connectivity index (χ1n) is 10.6. The fourth-order valence-electron chi connectivity index (χ4n) is 3.40. The fraction of sp³-hybridized carbons (Fsp3) is 0.381. The maximum absolute atomic E-state index is 12.6. The molecule has 0 aliphatic carbocycles. The van der Waals surface area contributed by atoms with Gasteiger partial charge in [0, 0.05) is 12.6 Å². The molecule has 1 saturated heterocycles. The number of aromatic amines is 1. The van der Waals surface area contributed by atoms with Crippen molar-refractivity contribution in [2.45, 2.75) is 39.0 Å². The zero-order valence-electron chi connectivity index (χ0n) is 18.2. The molecule has 1 aliphatic heterocycles. The molecule has 1 atom stereocenters. The summed E-state index contributed by atoms with van der Waals surface area (Å²) in [5.41, 5.74) is 0.240. The number of aromatic nitrogens is 5. The lowest BCUT2D eigenvalue weighted by atomic mass is 10.2. The molecule has 13 nitrogen and oxygen atoms in total. The molecule has 180 valence electrons. The van der Waals surface area contributed by atoms with Crippen molar-refractivity contribution in [2.75, 3.05) is 13.2 Å². The molecule has 3 heterocycles. The second-order valence-electron chi connectivity index (χ2n) is 7.48. The molecular formula is C21H24N6O7. The molecule has 13 heteroatoms. The number of hydrogen-bond donors (Lipinski definition) is 2. The molecule has 0 radical (unpaired) electrons. The van der Waals surface area contributed by atoms with E-state index >= 15 is 0 Å². The van der Waals surface area contributed by atoms with Crippen LogP contribution in [-0.4, -0.2) is 54.0 Å². The first-order valence-corrected chi connectivity index (χ1v) is 10.6. The van der Waals surface area contributed by atoms with Crippen LogP contribution in [0, 0.1) is 0 Å². The zero-order chi connectivity index (χ0) is 23.9. The highest BCUT2D eigenvalue weighted by molar-refractivity contribution is 5.66. The van der Waals surface area contributed by atoms with Crippen LogP contribution in [-0.2, 0) is 40.7 Å². The fourth-order valence-corrected chi connectivity index (χ4v) is 3.40. The lowest BCUT2D eigenvalue weighted by Gasteiger charge is -2.23. The first-order chi connectivity index (χ1) is 16.5. The van der Waals surface area contributed by atoms with E-state index in [-0.39, 0.29) is 38.6 Å². The summed E-state index contributed by atoms with van der Waals surface area (Å²) in [6.07, 6.45) is 1.77. The van der Waals surface area contributed by atoms with Crippen molar-refractivity contribution >= 4 is 6.09 Å². The number of ether oxygens (including phenoxy) is 2. The van der Waals surface area contributed by atoms with E-state index in [0.717, 1.165) is 10.6 Å². The second kappa shape index (κ2) is 10.9. The van der Waals surface area contributed by atoms with Gasteiger partial charge in [-0.15, -0.1) is 5.10 Å². The van der Waals surface area contributed by atoms with Gasteiger partial charge in [0.15, 0.2) is 0 Å².